The van der Waals surface area contributed by atoms with Crippen LogP contribution in [0.1, 0.15) is 17.5 Å². The van der Waals surface area contributed by atoms with Crippen LogP contribution >= 0.6 is 22.9 Å². The van der Waals surface area contributed by atoms with Crippen LogP contribution in [0.3, 0.4) is 0 Å². The lowest BCUT2D eigenvalue weighted by atomic mass is 10.2. The lowest BCUT2D eigenvalue weighted by Crippen LogP contribution is -2.15. The van der Waals surface area contributed by atoms with Crippen molar-refractivity contribution >= 4 is 22.9 Å². The van der Waals surface area contributed by atoms with Gasteiger partial charge in [0, 0.05) is 12.1 Å². The fraction of sp³-hybridized carbons (Fsp3) is 0.308. The van der Waals surface area contributed by atoms with E-state index in [1.54, 1.807) is 6.92 Å². The van der Waals surface area contributed by atoms with Crippen molar-refractivity contribution in [1.29, 1.82) is 0 Å². The number of aromatic nitrogens is 1. The summed E-state index contributed by atoms with van der Waals surface area (Å²) in [5.74, 6) is -0.767. The molecule has 0 unspecified atom stereocenters. The molecule has 1 heterocycles. The summed E-state index contributed by atoms with van der Waals surface area (Å²) in [6.45, 7) is 2.34. The number of rotatable bonds is 4. The van der Waals surface area contributed by atoms with Crippen molar-refractivity contribution in [2.45, 2.75) is 19.6 Å². The lowest BCUT2D eigenvalue weighted by Gasteiger charge is -2.05. The second-order valence-corrected chi connectivity index (χ2v) is 5.66. The summed E-state index contributed by atoms with van der Waals surface area (Å²) in [5.41, 5.74) is -1.01. The van der Waals surface area contributed by atoms with Gasteiger partial charge in [0.2, 0.25) is 0 Å². The van der Waals surface area contributed by atoms with Crippen molar-refractivity contribution in [2.75, 3.05) is 6.54 Å². The first-order valence-corrected chi connectivity index (χ1v) is 7.26. The van der Waals surface area contributed by atoms with Crippen LogP contribution in [0.15, 0.2) is 18.2 Å². The van der Waals surface area contributed by atoms with Crippen LogP contribution in [0.5, 0.6) is 0 Å². The molecule has 0 amide bonds. The van der Waals surface area contributed by atoms with Gasteiger partial charge >= 0.3 is 6.18 Å². The van der Waals surface area contributed by atoms with E-state index < -0.39 is 17.7 Å². The fourth-order valence-electron chi connectivity index (χ4n) is 1.72. The van der Waals surface area contributed by atoms with Gasteiger partial charge in [0.05, 0.1) is 9.90 Å². The standard InChI is InChI=1S/C13H11ClF4N2S/c1-2-19-6-9-11(13(16,17)18)20-12(21-9)7-4-3-5-8(14)10(7)15/h3-5,19H,2,6H2,1H3. The molecular formula is C13H11ClF4N2S. The summed E-state index contributed by atoms with van der Waals surface area (Å²) < 4.78 is 52.9. The summed E-state index contributed by atoms with van der Waals surface area (Å²) in [7, 11) is 0. The molecule has 0 aliphatic carbocycles. The topological polar surface area (TPSA) is 24.9 Å². The number of thiazole rings is 1. The first-order chi connectivity index (χ1) is 9.84. The van der Waals surface area contributed by atoms with Crippen LogP contribution in [0.25, 0.3) is 10.6 Å². The molecule has 0 aliphatic heterocycles. The van der Waals surface area contributed by atoms with E-state index >= 15 is 0 Å². The first kappa shape index (κ1) is 16.2. The molecule has 0 saturated carbocycles. The molecule has 2 nitrogen and oxygen atoms in total. The quantitative estimate of drug-likeness (QED) is 0.815. The van der Waals surface area contributed by atoms with Crippen LogP contribution in [-0.4, -0.2) is 11.5 Å². The number of hydrogen-bond donors (Lipinski definition) is 1. The zero-order chi connectivity index (χ0) is 15.6. The van der Waals surface area contributed by atoms with E-state index in [0.717, 1.165) is 11.3 Å². The zero-order valence-electron chi connectivity index (χ0n) is 10.9. The molecule has 0 atom stereocenters. The van der Waals surface area contributed by atoms with Gasteiger partial charge < -0.3 is 5.32 Å². The maximum atomic E-state index is 13.9. The highest BCUT2D eigenvalue weighted by atomic mass is 35.5. The molecule has 0 bridgehead atoms. The lowest BCUT2D eigenvalue weighted by molar-refractivity contribution is -0.141. The van der Waals surface area contributed by atoms with Crippen molar-refractivity contribution in [3.63, 3.8) is 0 Å². The van der Waals surface area contributed by atoms with Gasteiger partial charge in [0.1, 0.15) is 5.01 Å². The van der Waals surface area contributed by atoms with Crippen LogP contribution < -0.4 is 5.32 Å². The largest absolute Gasteiger partial charge is 0.434 e. The molecule has 21 heavy (non-hydrogen) atoms. The number of nitrogens with zero attached hydrogens (tertiary/aromatic N) is 1. The number of alkyl halides is 3. The predicted molar refractivity (Wildman–Crippen MR) is 74.9 cm³/mol. The molecule has 114 valence electrons. The monoisotopic (exact) mass is 338 g/mol. The van der Waals surface area contributed by atoms with Crippen molar-refractivity contribution < 1.29 is 17.6 Å². The second kappa shape index (κ2) is 6.29. The minimum Gasteiger partial charge on any atom is -0.312 e. The van der Waals surface area contributed by atoms with E-state index in [4.69, 9.17) is 11.6 Å². The Kier molecular flexibility index (Phi) is 4.85. The molecule has 1 N–H and O–H groups in total. The molecule has 0 saturated heterocycles. The van der Waals surface area contributed by atoms with Crippen LogP contribution in [0.4, 0.5) is 17.6 Å². The Bertz CT molecular complexity index is 640. The molecule has 0 spiro atoms. The van der Waals surface area contributed by atoms with E-state index in [0.29, 0.717) is 6.54 Å². The average Bonchev–Trinajstić information content (AvgIpc) is 2.83. The highest BCUT2D eigenvalue weighted by molar-refractivity contribution is 7.15. The summed E-state index contributed by atoms with van der Waals surface area (Å²) in [4.78, 5) is 3.59. The van der Waals surface area contributed by atoms with Crippen LogP contribution in [-0.2, 0) is 12.7 Å². The van der Waals surface area contributed by atoms with Crippen molar-refractivity contribution in [3.8, 4) is 10.6 Å². The summed E-state index contributed by atoms with van der Waals surface area (Å²) in [5, 5.41) is 2.64. The number of hydrogen-bond acceptors (Lipinski definition) is 3. The highest BCUT2D eigenvalue weighted by Crippen LogP contribution is 2.39. The minimum absolute atomic E-state index is 0.0266. The van der Waals surface area contributed by atoms with E-state index in [-0.39, 0.29) is 27.0 Å². The minimum atomic E-state index is -4.57. The normalized spacial score (nSPS) is 11.9. The van der Waals surface area contributed by atoms with Gasteiger partial charge in [0.15, 0.2) is 11.5 Å². The third-order valence-electron chi connectivity index (χ3n) is 2.68. The Labute approximate surface area is 127 Å². The summed E-state index contributed by atoms with van der Waals surface area (Å²) in [6, 6.07) is 4.16. The third-order valence-corrected chi connectivity index (χ3v) is 4.06. The molecule has 0 aliphatic rings. The van der Waals surface area contributed by atoms with Crippen molar-refractivity contribution in [3.05, 3.63) is 39.6 Å². The molecular weight excluding hydrogens is 328 g/mol. The zero-order valence-corrected chi connectivity index (χ0v) is 12.5. The highest BCUT2D eigenvalue weighted by Gasteiger charge is 2.37. The maximum absolute atomic E-state index is 13.9. The van der Waals surface area contributed by atoms with Gasteiger partial charge in [-0.15, -0.1) is 11.3 Å². The molecule has 8 heteroatoms. The van der Waals surface area contributed by atoms with Gasteiger partial charge in [-0.2, -0.15) is 13.2 Å². The summed E-state index contributed by atoms with van der Waals surface area (Å²) in [6.07, 6.45) is -4.57. The number of halogens is 5. The van der Waals surface area contributed by atoms with Crippen molar-refractivity contribution in [1.82, 2.24) is 10.3 Å². The molecule has 0 fully saturated rings. The van der Waals surface area contributed by atoms with Gasteiger partial charge in [-0.3, -0.25) is 0 Å². The Morgan fingerprint density at radius 1 is 1.33 bits per heavy atom. The Morgan fingerprint density at radius 3 is 2.67 bits per heavy atom. The SMILES string of the molecule is CCNCc1sc(-c2cccc(Cl)c2F)nc1C(F)(F)F. The maximum Gasteiger partial charge on any atom is 0.434 e. The van der Waals surface area contributed by atoms with Crippen molar-refractivity contribution in [2.24, 2.45) is 0 Å². The summed E-state index contributed by atoms with van der Waals surface area (Å²) >= 11 is 6.46. The fourth-order valence-corrected chi connectivity index (χ4v) is 2.96. The van der Waals surface area contributed by atoms with E-state index in [9.17, 15) is 17.6 Å². The smallest absolute Gasteiger partial charge is 0.312 e. The Balaban J connectivity index is 2.50. The van der Waals surface area contributed by atoms with Gasteiger partial charge in [-0.25, -0.2) is 9.37 Å². The van der Waals surface area contributed by atoms with Gasteiger partial charge in [-0.05, 0) is 18.7 Å². The molecule has 2 rings (SSSR count). The van der Waals surface area contributed by atoms with Gasteiger partial charge in [0.25, 0.3) is 0 Å². The molecule has 2 aromatic rings. The predicted octanol–water partition coefficient (Wildman–Crippen LogP) is 4.73. The van der Waals surface area contributed by atoms with Crippen LogP contribution in [0.2, 0.25) is 5.02 Å². The number of benzene rings is 1. The van der Waals surface area contributed by atoms with E-state index in [1.165, 1.54) is 18.2 Å². The van der Waals surface area contributed by atoms with E-state index in [1.807, 2.05) is 0 Å². The number of nitrogens with one attached hydrogen (secondary N) is 1. The van der Waals surface area contributed by atoms with Crippen LogP contribution in [0, 0.1) is 5.82 Å². The average molecular weight is 339 g/mol. The first-order valence-electron chi connectivity index (χ1n) is 6.06. The second-order valence-electron chi connectivity index (χ2n) is 4.17. The Hall–Kier alpha value is -1.18. The third kappa shape index (κ3) is 3.53. The molecule has 0 radical (unpaired) electrons. The van der Waals surface area contributed by atoms with E-state index in [2.05, 4.69) is 10.3 Å². The Morgan fingerprint density at radius 2 is 2.05 bits per heavy atom. The molecule has 1 aromatic heterocycles. The molecule has 1 aromatic carbocycles. The van der Waals surface area contributed by atoms with Gasteiger partial charge in [-0.1, -0.05) is 24.6 Å².